The van der Waals surface area contributed by atoms with Crippen LogP contribution in [0.15, 0.2) is 12.3 Å². The van der Waals surface area contributed by atoms with Gasteiger partial charge in [-0.1, -0.05) is 15.9 Å². The van der Waals surface area contributed by atoms with Crippen molar-refractivity contribution in [2.45, 2.75) is 18.4 Å². The summed E-state index contributed by atoms with van der Waals surface area (Å²) in [7, 11) is 0. The number of nitrogens with zero attached hydrogens (tertiary/aromatic N) is 1. The Morgan fingerprint density at radius 3 is 2.67 bits per heavy atom. The van der Waals surface area contributed by atoms with Crippen molar-refractivity contribution >= 4 is 15.9 Å². The average Bonchev–Trinajstić information content (AvgIpc) is 2.15. The third-order valence-electron chi connectivity index (χ3n) is 1.79. The minimum atomic E-state index is -4.33. The molecule has 0 fully saturated rings. The summed E-state index contributed by atoms with van der Waals surface area (Å²) in [6, 6.07) is 1.73. The molecule has 0 aliphatic rings. The fourth-order valence-electron chi connectivity index (χ4n) is 0.995. The highest BCUT2D eigenvalue weighted by molar-refractivity contribution is 9.08. The van der Waals surface area contributed by atoms with Gasteiger partial charge in [0.2, 0.25) is 5.88 Å². The molecule has 0 saturated heterocycles. The lowest BCUT2D eigenvalue weighted by molar-refractivity contribution is -0.154. The largest absolute Gasteiger partial charge is 0.468 e. The molecule has 0 amide bonds. The van der Waals surface area contributed by atoms with Gasteiger partial charge in [-0.05, 0) is 18.6 Å². The zero-order valence-electron chi connectivity index (χ0n) is 7.94. The van der Waals surface area contributed by atoms with Crippen molar-refractivity contribution in [2.75, 3.05) is 6.61 Å². The van der Waals surface area contributed by atoms with E-state index in [1.807, 2.05) is 0 Å². The van der Waals surface area contributed by atoms with Crippen molar-refractivity contribution in [1.82, 2.24) is 4.98 Å². The maximum Gasteiger partial charge on any atom is 0.422 e. The summed E-state index contributed by atoms with van der Waals surface area (Å²) in [5.41, 5.74) is 1.49. The van der Waals surface area contributed by atoms with Gasteiger partial charge in [-0.2, -0.15) is 13.2 Å². The van der Waals surface area contributed by atoms with Gasteiger partial charge in [-0.15, -0.1) is 0 Å². The van der Waals surface area contributed by atoms with E-state index in [0.29, 0.717) is 10.9 Å². The average molecular weight is 284 g/mol. The molecule has 0 atom stereocenters. The van der Waals surface area contributed by atoms with Gasteiger partial charge in [0, 0.05) is 17.1 Å². The number of rotatable bonds is 3. The van der Waals surface area contributed by atoms with E-state index in [9.17, 15) is 13.2 Å². The normalized spacial score (nSPS) is 11.5. The van der Waals surface area contributed by atoms with Crippen molar-refractivity contribution in [3.8, 4) is 5.88 Å². The molecule has 0 bridgehead atoms. The molecule has 0 aliphatic carbocycles. The summed E-state index contributed by atoms with van der Waals surface area (Å²) < 4.78 is 40.3. The second-order valence-electron chi connectivity index (χ2n) is 2.94. The first-order chi connectivity index (χ1) is 6.94. The van der Waals surface area contributed by atoms with Gasteiger partial charge in [0.1, 0.15) is 0 Å². The van der Waals surface area contributed by atoms with E-state index in [1.54, 1.807) is 13.0 Å². The molecule has 1 heterocycles. The van der Waals surface area contributed by atoms with Crippen molar-refractivity contribution in [3.63, 3.8) is 0 Å². The number of hydrogen-bond acceptors (Lipinski definition) is 2. The first kappa shape index (κ1) is 12.3. The van der Waals surface area contributed by atoms with Gasteiger partial charge in [0.05, 0.1) is 0 Å². The Balaban J connectivity index is 2.78. The van der Waals surface area contributed by atoms with E-state index in [2.05, 4.69) is 25.7 Å². The van der Waals surface area contributed by atoms with Crippen LogP contribution in [-0.2, 0) is 5.33 Å². The van der Waals surface area contributed by atoms with E-state index in [4.69, 9.17) is 0 Å². The molecule has 0 saturated carbocycles. The van der Waals surface area contributed by atoms with E-state index in [1.165, 1.54) is 6.20 Å². The zero-order valence-corrected chi connectivity index (χ0v) is 9.52. The van der Waals surface area contributed by atoms with E-state index < -0.39 is 12.8 Å². The SMILES string of the molecule is Cc1c(CBr)ccnc1OCC(F)(F)F. The summed E-state index contributed by atoms with van der Waals surface area (Å²) in [6.45, 7) is 0.363. The van der Waals surface area contributed by atoms with Gasteiger partial charge in [0.25, 0.3) is 0 Å². The molecule has 0 unspecified atom stereocenters. The van der Waals surface area contributed by atoms with Gasteiger partial charge in [-0.25, -0.2) is 4.98 Å². The quantitative estimate of drug-likeness (QED) is 0.795. The van der Waals surface area contributed by atoms with Crippen LogP contribution in [0.4, 0.5) is 13.2 Å². The Bertz CT molecular complexity index is 341. The Kier molecular flexibility index (Phi) is 3.96. The minimum absolute atomic E-state index is 0.0317. The molecule has 0 aromatic carbocycles. The van der Waals surface area contributed by atoms with Crippen molar-refractivity contribution in [1.29, 1.82) is 0 Å². The number of hydrogen-bond donors (Lipinski definition) is 0. The highest BCUT2D eigenvalue weighted by atomic mass is 79.9. The predicted molar refractivity (Wildman–Crippen MR) is 53.2 cm³/mol. The van der Waals surface area contributed by atoms with Crippen LogP contribution in [0, 0.1) is 6.92 Å². The molecule has 84 valence electrons. The zero-order chi connectivity index (χ0) is 11.5. The third-order valence-corrected chi connectivity index (χ3v) is 2.39. The first-order valence-electron chi connectivity index (χ1n) is 4.14. The van der Waals surface area contributed by atoms with Crippen LogP contribution in [-0.4, -0.2) is 17.8 Å². The van der Waals surface area contributed by atoms with Gasteiger partial charge in [-0.3, -0.25) is 0 Å². The Labute approximate surface area is 93.6 Å². The van der Waals surface area contributed by atoms with E-state index >= 15 is 0 Å². The highest BCUT2D eigenvalue weighted by Crippen LogP contribution is 2.22. The molecule has 0 aliphatic heterocycles. The van der Waals surface area contributed by atoms with Crippen LogP contribution in [0.5, 0.6) is 5.88 Å². The topological polar surface area (TPSA) is 22.1 Å². The standard InChI is InChI=1S/C9H9BrF3NO/c1-6-7(4-10)2-3-14-8(6)15-5-9(11,12)13/h2-3H,4-5H2,1H3. The number of ether oxygens (including phenoxy) is 1. The van der Waals surface area contributed by atoms with Crippen LogP contribution in [0.25, 0.3) is 0 Å². The van der Waals surface area contributed by atoms with Crippen molar-refractivity contribution in [2.24, 2.45) is 0 Å². The monoisotopic (exact) mass is 283 g/mol. The molecular formula is C9H9BrF3NO. The Morgan fingerprint density at radius 2 is 2.13 bits per heavy atom. The fraction of sp³-hybridized carbons (Fsp3) is 0.444. The maximum absolute atomic E-state index is 11.9. The lowest BCUT2D eigenvalue weighted by Gasteiger charge is -2.11. The summed E-state index contributed by atoms with van der Waals surface area (Å²) in [4.78, 5) is 3.75. The lowest BCUT2D eigenvalue weighted by Crippen LogP contribution is -2.20. The molecule has 0 radical (unpaired) electrons. The second kappa shape index (κ2) is 4.83. The second-order valence-corrected chi connectivity index (χ2v) is 3.50. The summed E-state index contributed by atoms with van der Waals surface area (Å²) >= 11 is 3.23. The van der Waals surface area contributed by atoms with E-state index in [0.717, 1.165) is 5.56 Å². The van der Waals surface area contributed by atoms with Crippen LogP contribution in [0.3, 0.4) is 0 Å². The molecule has 1 rings (SSSR count). The third kappa shape index (κ3) is 3.70. The van der Waals surface area contributed by atoms with Crippen LogP contribution in [0.1, 0.15) is 11.1 Å². The van der Waals surface area contributed by atoms with Crippen LogP contribution in [0.2, 0.25) is 0 Å². The smallest absolute Gasteiger partial charge is 0.422 e. The molecule has 1 aromatic heterocycles. The fourth-order valence-corrected chi connectivity index (χ4v) is 1.60. The van der Waals surface area contributed by atoms with Crippen molar-refractivity contribution < 1.29 is 17.9 Å². The summed E-state index contributed by atoms with van der Waals surface area (Å²) in [5, 5.41) is 0.559. The molecule has 0 spiro atoms. The minimum Gasteiger partial charge on any atom is -0.468 e. The number of halogens is 4. The summed E-state index contributed by atoms with van der Waals surface area (Å²) in [6.07, 6.45) is -2.91. The Hall–Kier alpha value is -0.780. The lowest BCUT2D eigenvalue weighted by atomic mass is 10.2. The first-order valence-corrected chi connectivity index (χ1v) is 5.26. The van der Waals surface area contributed by atoms with Crippen molar-refractivity contribution in [3.05, 3.63) is 23.4 Å². The molecule has 6 heteroatoms. The molecule has 2 nitrogen and oxygen atoms in total. The molecule has 15 heavy (non-hydrogen) atoms. The highest BCUT2D eigenvalue weighted by Gasteiger charge is 2.29. The maximum atomic E-state index is 11.9. The van der Waals surface area contributed by atoms with Gasteiger partial charge < -0.3 is 4.74 Å². The Morgan fingerprint density at radius 1 is 1.47 bits per heavy atom. The number of aromatic nitrogens is 1. The number of alkyl halides is 4. The van der Waals surface area contributed by atoms with E-state index in [-0.39, 0.29) is 5.88 Å². The van der Waals surface area contributed by atoms with Gasteiger partial charge in [0.15, 0.2) is 6.61 Å². The predicted octanol–water partition coefficient (Wildman–Crippen LogP) is 3.23. The molecule has 0 N–H and O–H groups in total. The summed E-state index contributed by atoms with van der Waals surface area (Å²) in [5.74, 6) is 0.0317. The molecule has 1 aromatic rings. The van der Waals surface area contributed by atoms with Crippen LogP contribution >= 0.6 is 15.9 Å². The number of pyridine rings is 1. The molecular weight excluding hydrogens is 275 g/mol. The van der Waals surface area contributed by atoms with Crippen LogP contribution < -0.4 is 4.74 Å². The van der Waals surface area contributed by atoms with Gasteiger partial charge >= 0.3 is 6.18 Å².